The maximum absolute atomic E-state index is 12.6. The van der Waals surface area contributed by atoms with E-state index in [1.54, 1.807) is 11.9 Å². The maximum atomic E-state index is 12.6. The summed E-state index contributed by atoms with van der Waals surface area (Å²) in [5, 5.41) is 14.7. The number of nitrogens with zero attached hydrogens (tertiary/aromatic N) is 2. The number of nitro benzene ring substituents is 1. The summed E-state index contributed by atoms with van der Waals surface area (Å²) < 4.78 is 0. The van der Waals surface area contributed by atoms with E-state index in [1.165, 1.54) is 18.2 Å². The van der Waals surface area contributed by atoms with Gasteiger partial charge < -0.3 is 10.2 Å². The van der Waals surface area contributed by atoms with Crippen LogP contribution >= 0.6 is 11.6 Å². The van der Waals surface area contributed by atoms with Gasteiger partial charge in [-0.3, -0.25) is 14.9 Å². The van der Waals surface area contributed by atoms with Crippen molar-refractivity contribution in [2.45, 2.75) is 25.8 Å². The molecular formula is C16H20ClN3O3. The average Bonchev–Trinajstić information content (AvgIpc) is 3.22. The van der Waals surface area contributed by atoms with E-state index in [-0.39, 0.29) is 22.9 Å². The summed E-state index contributed by atoms with van der Waals surface area (Å²) in [4.78, 5) is 24.7. The first-order chi connectivity index (χ1) is 10.9. The van der Waals surface area contributed by atoms with Crippen molar-refractivity contribution < 1.29 is 9.72 Å². The Morgan fingerprint density at radius 2 is 2.17 bits per heavy atom. The molecule has 1 heterocycles. The molecule has 2 fully saturated rings. The second-order valence-electron chi connectivity index (χ2n) is 6.60. The van der Waals surface area contributed by atoms with Gasteiger partial charge in [-0.05, 0) is 49.4 Å². The number of halogens is 1. The van der Waals surface area contributed by atoms with Crippen molar-refractivity contribution >= 4 is 23.2 Å². The van der Waals surface area contributed by atoms with Crippen molar-refractivity contribution in [3.8, 4) is 0 Å². The minimum absolute atomic E-state index is 0.00787. The number of non-ortho nitro benzene ring substituents is 1. The molecule has 1 aromatic carbocycles. The van der Waals surface area contributed by atoms with Crippen molar-refractivity contribution in [2.75, 3.05) is 20.1 Å². The van der Waals surface area contributed by atoms with Crippen LogP contribution in [0, 0.1) is 21.4 Å². The quantitative estimate of drug-likeness (QED) is 0.677. The third-order valence-electron chi connectivity index (χ3n) is 5.11. The minimum Gasteiger partial charge on any atom is -0.341 e. The van der Waals surface area contributed by atoms with Crippen LogP contribution in [0.15, 0.2) is 18.2 Å². The molecule has 1 saturated heterocycles. The lowest BCUT2D eigenvalue weighted by Gasteiger charge is -2.25. The van der Waals surface area contributed by atoms with Gasteiger partial charge in [-0.25, -0.2) is 0 Å². The Kier molecular flexibility index (Phi) is 4.29. The Morgan fingerprint density at radius 3 is 2.83 bits per heavy atom. The summed E-state index contributed by atoms with van der Waals surface area (Å²) in [7, 11) is 1.74. The fourth-order valence-corrected chi connectivity index (χ4v) is 3.75. The van der Waals surface area contributed by atoms with E-state index >= 15 is 0 Å². The molecule has 0 aromatic heterocycles. The SMILES string of the molecule is CN(Cc1cc([N+](=O)[O-])ccc1Cl)C(=O)C1CC12CCNCC2. The number of benzene rings is 1. The predicted octanol–water partition coefficient (Wildman–Crippen LogP) is 2.60. The highest BCUT2D eigenvalue weighted by Crippen LogP contribution is 2.59. The molecule has 1 aliphatic carbocycles. The van der Waals surface area contributed by atoms with Gasteiger partial charge in [0, 0.05) is 36.7 Å². The van der Waals surface area contributed by atoms with Gasteiger partial charge in [-0.15, -0.1) is 0 Å². The van der Waals surface area contributed by atoms with Crippen LogP contribution in [0.5, 0.6) is 0 Å². The normalized spacial score (nSPS) is 21.9. The smallest absolute Gasteiger partial charge is 0.269 e. The molecule has 124 valence electrons. The highest BCUT2D eigenvalue weighted by atomic mass is 35.5. The molecule has 1 atom stereocenters. The van der Waals surface area contributed by atoms with Crippen LogP contribution in [-0.2, 0) is 11.3 Å². The van der Waals surface area contributed by atoms with E-state index in [0.717, 1.165) is 32.4 Å². The summed E-state index contributed by atoms with van der Waals surface area (Å²) in [6.07, 6.45) is 3.06. The van der Waals surface area contributed by atoms with Crippen LogP contribution < -0.4 is 5.32 Å². The summed E-state index contributed by atoms with van der Waals surface area (Å²) >= 11 is 6.12. The number of nitrogens with one attached hydrogen (secondary N) is 1. The molecule has 0 bridgehead atoms. The molecule has 1 unspecified atom stereocenters. The van der Waals surface area contributed by atoms with Crippen molar-refractivity contribution in [2.24, 2.45) is 11.3 Å². The average molecular weight is 338 g/mol. The maximum Gasteiger partial charge on any atom is 0.269 e. The number of hydrogen-bond donors (Lipinski definition) is 1. The molecule has 23 heavy (non-hydrogen) atoms. The molecule has 1 spiro atoms. The Bertz CT molecular complexity index is 643. The first-order valence-electron chi connectivity index (χ1n) is 7.81. The number of amides is 1. The molecule has 6 nitrogen and oxygen atoms in total. The van der Waals surface area contributed by atoms with Crippen molar-refractivity contribution in [1.29, 1.82) is 0 Å². The Balaban J connectivity index is 1.67. The van der Waals surface area contributed by atoms with Crippen LogP contribution in [0.3, 0.4) is 0 Å². The zero-order valence-corrected chi connectivity index (χ0v) is 13.8. The number of nitro groups is 1. The largest absolute Gasteiger partial charge is 0.341 e. The zero-order chi connectivity index (χ0) is 16.6. The van der Waals surface area contributed by atoms with Crippen LogP contribution in [0.1, 0.15) is 24.8 Å². The number of piperidine rings is 1. The summed E-state index contributed by atoms with van der Waals surface area (Å²) in [5.41, 5.74) is 0.784. The molecule has 7 heteroatoms. The Labute approximate surface area is 139 Å². The van der Waals surface area contributed by atoms with Gasteiger partial charge in [0.2, 0.25) is 5.91 Å². The van der Waals surface area contributed by atoms with E-state index in [1.807, 2.05) is 0 Å². The molecule has 1 aliphatic heterocycles. The monoisotopic (exact) mass is 337 g/mol. The van der Waals surface area contributed by atoms with E-state index in [4.69, 9.17) is 11.6 Å². The van der Waals surface area contributed by atoms with E-state index in [0.29, 0.717) is 17.1 Å². The van der Waals surface area contributed by atoms with Crippen LogP contribution in [-0.4, -0.2) is 35.9 Å². The van der Waals surface area contributed by atoms with Crippen molar-refractivity contribution in [1.82, 2.24) is 10.2 Å². The van der Waals surface area contributed by atoms with Gasteiger partial charge in [0.05, 0.1) is 4.92 Å². The first-order valence-corrected chi connectivity index (χ1v) is 8.19. The van der Waals surface area contributed by atoms with E-state index < -0.39 is 4.92 Å². The predicted molar refractivity (Wildman–Crippen MR) is 87.2 cm³/mol. The zero-order valence-electron chi connectivity index (χ0n) is 13.0. The van der Waals surface area contributed by atoms with Crippen LogP contribution in [0.2, 0.25) is 5.02 Å². The lowest BCUT2D eigenvalue weighted by molar-refractivity contribution is -0.384. The molecule has 2 aliphatic rings. The van der Waals surface area contributed by atoms with Crippen LogP contribution in [0.25, 0.3) is 0 Å². The number of rotatable bonds is 4. The molecule has 3 rings (SSSR count). The van der Waals surface area contributed by atoms with Gasteiger partial charge in [0.25, 0.3) is 5.69 Å². The molecule has 1 N–H and O–H groups in total. The van der Waals surface area contributed by atoms with E-state index in [9.17, 15) is 14.9 Å². The highest BCUT2D eigenvalue weighted by Gasteiger charge is 2.58. The fourth-order valence-electron chi connectivity index (χ4n) is 3.57. The van der Waals surface area contributed by atoms with Gasteiger partial charge >= 0.3 is 0 Å². The van der Waals surface area contributed by atoms with Gasteiger partial charge in [-0.2, -0.15) is 0 Å². The Hall–Kier alpha value is -1.66. The third-order valence-corrected chi connectivity index (χ3v) is 5.48. The standard InChI is InChI=1S/C16H20ClN3O3/c1-19(10-11-8-12(20(22)23)2-3-14(11)17)15(21)13-9-16(13)4-6-18-7-5-16/h2-3,8,13,18H,4-7,9-10H2,1H3. The number of hydrogen-bond acceptors (Lipinski definition) is 4. The lowest BCUT2D eigenvalue weighted by Crippen LogP contribution is -2.34. The van der Waals surface area contributed by atoms with Gasteiger partial charge in [0.1, 0.15) is 0 Å². The summed E-state index contributed by atoms with van der Waals surface area (Å²) in [6, 6.07) is 4.33. The molecule has 0 radical (unpaired) electrons. The number of carbonyl (C=O) groups is 1. The molecule has 1 aromatic rings. The summed E-state index contributed by atoms with van der Waals surface area (Å²) in [6.45, 7) is 2.25. The van der Waals surface area contributed by atoms with Gasteiger partial charge in [0.15, 0.2) is 0 Å². The Morgan fingerprint density at radius 1 is 1.48 bits per heavy atom. The number of carbonyl (C=O) groups excluding carboxylic acids is 1. The summed E-state index contributed by atoms with van der Waals surface area (Å²) in [5.74, 6) is 0.210. The van der Waals surface area contributed by atoms with Crippen molar-refractivity contribution in [3.63, 3.8) is 0 Å². The highest BCUT2D eigenvalue weighted by molar-refractivity contribution is 6.31. The van der Waals surface area contributed by atoms with Crippen LogP contribution in [0.4, 0.5) is 5.69 Å². The third kappa shape index (κ3) is 3.19. The lowest BCUT2D eigenvalue weighted by atomic mass is 9.91. The molecule has 1 saturated carbocycles. The first kappa shape index (κ1) is 16.2. The van der Waals surface area contributed by atoms with Crippen molar-refractivity contribution in [3.05, 3.63) is 38.9 Å². The topological polar surface area (TPSA) is 75.5 Å². The minimum atomic E-state index is -0.452. The second-order valence-corrected chi connectivity index (χ2v) is 7.00. The van der Waals surface area contributed by atoms with E-state index in [2.05, 4.69) is 5.32 Å². The fraction of sp³-hybridized carbons (Fsp3) is 0.562. The second kappa shape index (κ2) is 6.09. The van der Waals surface area contributed by atoms with Gasteiger partial charge in [-0.1, -0.05) is 11.6 Å². The molecule has 1 amide bonds. The molecular weight excluding hydrogens is 318 g/mol.